The molecular weight excluding hydrogens is 496 g/mol. The Bertz CT molecular complexity index is 1250. The van der Waals surface area contributed by atoms with Crippen LogP contribution in [0.3, 0.4) is 0 Å². The number of methoxy groups -OCH3 is 2. The lowest BCUT2D eigenvalue weighted by atomic mass is 9.52. The Morgan fingerprint density at radius 1 is 1.08 bits per heavy atom. The molecule has 4 aliphatic carbocycles. The third-order valence-electron chi connectivity index (χ3n) is 9.38. The summed E-state index contributed by atoms with van der Waals surface area (Å²) in [7, 11) is 2.91. The molecule has 1 aromatic heterocycles. The summed E-state index contributed by atoms with van der Waals surface area (Å²) in [4.78, 5) is 34.6. The van der Waals surface area contributed by atoms with Crippen LogP contribution in [-0.2, 0) is 4.74 Å². The van der Waals surface area contributed by atoms with Gasteiger partial charge in [-0.25, -0.2) is 9.78 Å². The molecule has 208 valence electrons. The zero-order valence-electron chi connectivity index (χ0n) is 22.9. The van der Waals surface area contributed by atoms with Crippen molar-refractivity contribution in [2.45, 2.75) is 56.7 Å². The van der Waals surface area contributed by atoms with E-state index in [2.05, 4.69) is 22.0 Å². The maximum absolute atomic E-state index is 13.3. The summed E-state index contributed by atoms with van der Waals surface area (Å²) >= 11 is 0. The maximum Gasteiger partial charge on any atom is 0.341 e. The number of aliphatic hydroxyl groups is 1. The van der Waals surface area contributed by atoms with Gasteiger partial charge in [0, 0.05) is 43.5 Å². The van der Waals surface area contributed by atoms with Crippen LogP contribution in [0.25, 0.3) is 0 Å². The van der Waals surface area contributed by atoms with Gasteiger partial charge in [-0.3, -0.25) is 4.79 Å². The van der Waals surface area contributed by atoms with Gasteiger partial charge in [-0.05, 0) is 81.0 Å². The van der Waals surface area contributed by atoms with E-state index in [4.69, 9.17) is 14.5 Å². The quantitative estimate of drug-likeness (QED) is 0.545. The highest BCUT2D eigenvalue weighted by Crippen LogP contribution is 2.55. The first-order valence-electron chi connectivity index (χ1n) is 14.0. The van der Waals surface area contributed by atoms with Gasteiger partial charge < -0.3 is 29.7 Å². The molecule has 4 saturated carbocycles. The third kappa shape index (κ3) is 4.81. The number of hydrogen-bond donors (Lipinski definition) is 2. The van der Waals surface area contributed by atoms with E-state index in [-0.39, 0.29) is 18.0 Å². The second-order valence-corrected chi connectivity index (χ2v) is 11.9. The average molecular weight is 535 g/mol. The predicted molar refractivity (Wildman–Crippen MR) is 147 cm³/mol. The molecule has 9 nitrogen and oxygen atoms in total. The Morgan fingerprint density at radius 2 is 1.85 bits per heavy atom. The maximum atomic E-state index is 13.3. The van der Waals surface area contributed by atoms with E-state index in [1.54, 1.807) is 19.2 Å². The van der Waals surface area contributed by atoms with Crippen molar-refractivity contribution >= 4 is 23.4 Å². The van der Waals surface area contributed by atoms with E-state index in [1.807, 2.05) is 24.3 Å². The molecule has 1 aliphatic heterocycles. The number of ether oxygens (including phenoxy) is 2. The van der Waals surface area contributed by atoms with Crippen molar-refractivity contribution in [1.82, 2.24) is 10.3 Å². The lowest BCUT2D eigenvalue weighted by Gasteiger charge is -2.58. The number of nitrogens with one attached hydrogen (secondary N) is 1. The monoisotopic (exact) mass is 534 g/mol. The van der Waals surface area contributed by atoms with Crippen molar-refractivity contribution in [2.24, 2.45) is 17.8 Å². The second-order valence-electron chi connectivity index (χ2n) is 11.9. The van der Waals surface area contributed by atoms with E-state index >= 15 is 0 Å². The Labute approximate surface area is 229 Å². The first-order valence-corrected chi connectivity index (χ1v) is 14.0. The SMILES string of the molecule is COC(=O)c1ccc(N2CCN(c3cccc(C(=O)NC4C5CC6CC4CC(O)(C6)C5)n3)C(C)C2)cc1OC. The van der Waals surface area contributed by atoms with Gasteiger partial charge in [0.15, 0.2) is 0 Å². The smallest absolute Gasteiger partial charge is 0.341 e. The van der Waals surface area contributed by atoms with Crippen LogP contribution < -0.4 is 19.9 Å². The highest BCUT2D eigenvalue weighted by atomic mass is 16.5. The summed E-state index contributed by atoms with van der Waals surface area (Å²) in [6, 6.07) is 11.5. The van der Waals surface area contributed by atoms with Crippen LogP contribution in [0.2, 0.25) is 0 Å². The molecule has 9 heteroatoms. The Morgan fingerprint density at radius 3 is 2.51 bits per heavy atom. The molecular formula is C30H38N4O5. The van der Waals surface area contributed by atoms with Gasteiger partial charge in [0.2, 0.25) is 0 Å². The summed E-state index contributed by atoms with van der Waals surface area (Å²) in [5.41, 5.74) is 1.31. The number of amides is 1. The summed E-state index contributed by atoms with van der Waals surface area (Å²) in [6.07, 6.45) is 4.75. The molecule has 0 radical (unpaired) electrons. The van der Waals surface area contributed by atoms with E-state index in [1.165, 1.54) is 7.11 Å². The number of esters is 1. The molecule has 3 atom stereocenters. The van der Waals surface area contributed by atoms with E-state index in [0.29, 0.717) is 34.8 Å². The number of aromatic nitrogens is 1. The molecule has 39 heavy (non-hydrogen) atoms. The molecule has 2 aromatic rings. The fourth-order valence-corrected chi connectivity index (χ4v) is 7.84. The van der Waals surface area contributed by atoms with Crippen LogP contribution in [-0.4, -0.2) is 73.5 Å². The minimum atomic E-state index is -0.511. The number of nitrogens with zero attached hydrogens (tertiary/aromatic N) is 3. The number of anilines is 2. The number of piperazine rings is 1. The first kappa shape index (κ1) is 25.9. The zero-order chi connectivity index (χ0) is 27.3. The molecule has 7 rings (SSSR count). The average Bonchev–Trinajstić information content (AvgIpc) is 2.93. The van der Waals surface area contributed by atoms with Crippen molar-refractivity contribution < 1.29 is 24.2 Å². The van der Waals surface area contributed by atoms with E-state index in [0.717, 1.165) is 63.2 Å². The van der Waals surface area contributed by atoms with Crippen molar-refractivity contribution in [3.8, 4) is 5.75 Å². The fourth-order valence-electron chi connectivity index (χ4n) is 7.84. The second kappa shape index (κ2) is 10.0. The molecule has 3 unspecified atom stereocenters. The number of carbonyl (C=O) groups is 2. The number of rotatable bonds is 6. The fraction of sp³-hybridized carbons (Fsp3) is 0.567. The topological polar surface area (TPSA) is 104 Å². The van der Waals surface area contributed by atoms with Gasteiger partial charge in [-0.15, -0.1) is 0 Å². The number of pyridine rings is 1. The number of carbonyl (C=O) groups excluding carboxylic acids is 2. The summed E-state index contributed by atoms with van der Waals surface area (Å²) < 4.78 is 10.3. The van der Waals surface area contributed by atoms with Crippen LogP contribution >= 0.6 is 0 Å². The van der Waals surface area contributed by atoms with Gasteiger partial charge >= 0.3 is 5.97 Å². The number of hydrogen-bond acceptors (Lipinski definition) is 8. The highest BCUT2D eigenvalue weighted by molar-refractivity contribution is 5.93. The Hall–Kier alpha value is -3.33. The number of benzene rings is 1. The van der Waals surface area contributed by atoms with Gasteiger partial charge in [-0.2, -0.15) is 0 Å². The zero-order valence-corrected chi connectivity index (χ0v) is 22.9. The van der Waals surface area contributed by atoms with Crippen LogP contribution in [0.1, 0.15) is 59.9 Å². The van der Waals surface area contributed by atoms with Crippen molar-refractivity contribution in [2.75, 3.05) is 43.7 Å². The molecule has 1 amide bonds. The summed E-state index contributed by atoms with van der Waals surface area (Å²) in [5.74, 6) is 2.08. The van der Waals surface area contributed by atoms with Crippen LogP contribution in [0.15, 0.2) is 36.4 Å². The highest BCUT2D eigenvalue weighted by Gasteiger charge is 2.55. The van der Waals surface area contributed by atoms with Crippen molar-refractivity contribution in [3.63, 3.8) is 0 Å². The Kier molecular flexibility index (Phi) is 6.65. The summed E-state index contributed by atoms with van der Waals surface area (Å²) in [6.45, 7) is 4.42. The normalized spacial score (nSPS) is 31.2. The minimum absolute atomic E-state index is 0.120. The minimum Gasteiger partial charge on any atom is -0.496 e. The Balaban J connectivity index is 1.12. The molecule has 5 fully saturated rings. The van der Waals surface area contributed by atoms with Crippen LogP contribution in [0.4, 0.5) is 11.5 Å². The lowest BCUT2D eigenvalue weighted by Crippen LogP contribution is -2.61. The van der Waals surface area contributed by atoms with Crippen molar-refractivity contribution in [1.29, 1.82) is 0 Å². The molecule has 1 aromatic carbocycles. The lowest BCUT2D eigenvalue weighted by molar-refractivity contribution is -0.136. The van der Waals surface area contributed by atoms with Crippen LogP contribution in [0, 0.1) is 17.8 Å². The van der Waals surface area contributed by atoms with Gasteiger partial charge in [0.25, 0.3) is 5.91 Å². The van der Waals surface area contributed by atoms with E-state index < -0.39 is 11.6 Å². The van der Waals surface area contributed by atoms with Crippen LogP contribution in [0.5, 0.6) is 5.75 Å². The molecule has 2 N–H and O–H groups in total. The third-order valence-corrected chi connectivity index (χ3v) is 9.38. The molecule has 4 bridgehead atoms. The largest absolute Gasteiger partial charge is 0.496 e. The molecule has 5 aliphatic rings. The first-order chi connectivity index (χ1) is 18.8. The van der Waals surface area contributed by atoms with Gasteiger partial charge in [0.1, 0.15) is 22.8 Å². The van der Waals surface area contributed by atoms with E-state index in [9.17, 15) is 14.7 Å². The summed E-state index contributed by atoms with van der Waals surface area (Å²) in [5, 5.41) is 14.2. The molecule has 0 spiro atoms. The van der Waals surface area contributed by atoms with Crippen molar-refractivity contribution in [3.05, 3.63) is 47.7 Å². The molecule has 1 saturated heterocycles. The van der Waals surface area contributed by atoms with Gasteiger partial charge in [0.05, 0.1) is 19.8 Å². The molecule has 2 heterocycles. The van der Waals surface area contributed by atoms with Gasteiger partial charge in [-0.1, -0.05) is 6.07 Å². The standard InChI is InChI=1S/C30H38N4O5/c1-18-17-33(22-7-8-23(29(36)39-3)25(13-22)38-2)9-10-34(18)26-6-4-5-24(31-26)28(35)32-27-20-11-19-12-21(27)16-30(37,14-19)15-20/h4-8,13,18-21,27,37H,9-12,14-17H2,1-3H3,(H,32,35). The predicted octanol–water partition coefficient (Wildman–Crippen LogP) is 3.26.